The van der Waals surface area contributed by atoms with Crippen molar-refractivity contribution in [2.45, 2.75) is 0 Å². The Morgan fingerprint density at radius 3 is 1.89 bits per heavy atom. The molecule has 0 bridgehead atoms. The van der Waals surface area contributed by atoms with Crippen LogP contribution in [0, 0.1) is 0 Å². The molecular weight excluding hydrogens is 460 g/mol. The number of nitrogens with zero attached hydrogens (tertiary/aromatic N) is 2. The second-order valence-corrected chi connectivity index (χ2v) is 9.86. The molecule has 7 aromatic rings. The van der Waals surface area contributed by atoms with E-state index in [1.54, 1.807) is 0 Å². The Morgan fingerprint density at radius 2 is 1.05 bits per heavy atom. The van der Waals surface area contributed by atoms with Crippen molar-refractivity contribution in [3.8, 4) is 55.9 Å². The van der Waals surface area contributed by atoms with Crippen LogP contribution in [0.2, 0.25) is 0 Å². The third-order valence-corrected chi connectivity index (χ3v) is 7.68. The fourth-order valence-corrected chi connectivity index (χ4v) is 5.92. The highest BCUT2D eigenvalue weighted by molar-refractivity contribution is 6.16. The van der Waals surface area contributed by atoms with Gasteiger partial charge in [0.05, 0.1) is 11.4 Å². The minimum Gasteiger partial charge on any atom is -0.255 e. The molecule has 0 spiro atoms. The van der Waals surface area contributed by atoms with Crippen molar-refractivity contribution < 1.29 is 0 Å². The molecule has 2 nitrogen and oxygen atoms in total. The van der Waals surface area contributed by atoms with Gasteiger partial charge in [-0.05, 0) is 103 Å². The molecule has 176 valence electrons. The van der Waals surface area contributed by atoms with E-state index in [-0.39, 0.29) is 0 Å². The molecule has 1 aliphatic carbocycles. The van der Waals surface area contributed by atoms with Crippen LogP contribution in [-0.4, -0.2) is 9.97 Å². The summed E-state index contributed by atoms with van der Waals surface area (Å²) >= 11 is 0. The first-order valence-electron chi connectivity index (χ1n) is 12.9. The van der Waals surface area contributed by atoms with E-state index < -0.39 is 0 Å². The fourth-order valence-electron chi connectivity index (χ4n) is 5.92. The Balaban J connectivity index is 1.24. The van der Waals surface area contributed by atoms with Gasteiger partial charge in [-0.1, -0.05) is 78.9 Å². The summed E-state index contributed by atoms with van der Waals surface area (Å²) < 4.78 is 0. The van der Waals surface area contributed by atoms with Gasteiger partial charge in [-0.25, -0.2) is 0 Å². The maximum absolute atomic E-state index is 4.66. The third kappa shape index (κ3) is 3.21. The highest BCUT2D eigenvalue weighted by atomic mass is 14.8. The van der Waals surface area contributed by atoms with Crippen LogP contribution in [0.15, 0.2) is 134 Å². The molecule has 0 radical (unpaired) electrons. The van der Waals surface area contributed by atoms with Crippen molar-refractivity contribution in [3.63, 3.8) is 0 Å². The van der Waals surface area contributed by atoms with Gasteiger partial charge in [0, 0.05) is 18.0 Å². The highest BCUT2D eigenvalue weighted by Crippen LogP contribution is 2.48. The maximum atomic E-state index is 4.66. The van der Waals surface area contributed by atoms with E-state index in [2.05, 4.69) is 107 Å². The van der Waals surface area contributed by atoms with Gasteiger partial charge in [-0.15, -0.1) is 0 Å². The first-order valence-corrected chi connectivity index (χ1v) is 12.9. The third-order valence-electron chi connectivity index (χ3n) is 7.68. The number of pyridine rings is 2. The topological polar surface area (TPSA) is 25.8 Å². The Bertz CT molecular complexity index is 2020. The van der Waals surface area contributed by atoms with Gasteiger partial charge >= 0.3 is 0 Å². The summed E-state index contributed by atoms with van der Waals surface area (Å²) in [5, 5.41) is 5.09. The second-order valence-electron chi connectivity index (χ2n) is 9.86. The molecule has 2 heterocycles. The summed E-state index contributed by atoms with van der Waals surface area (Å²) in [6.45, 7) is 0. The number of hydrogen-bond acceptors (Lipinski definition) is 2. The molecule has 0 fully saturated rings. The van der Waals surface area contributed by atoms with E-state index >= 15 is 0 Å². The minimum absolute atomic E-state index is 0.882. The molecule has 0 unspecified atom stereocenters. The molecular formula is C36H22N2. The number of rotatable bonds is 3. The molecule has 2 aromatic heterocycles. The molecule has 0 saturated carbocycles. The van der Waals surface area contributed by atoms with Crippen molar-refractivity contribution in [2.24, 2.45) is 0 Å². The largest absolute Gasteiger partial charge is 0.255 e. The summed E-state index contributed by atoms with van der Waals surface area (Å²) in [6, 6.07) is 43.6. The van der Waals surface area contributed by atoms with Crippen LogP contribution in [0.3, 0.4) is 0 Å². The van der Waals surface area contributed by atoms with Gasteiger partial charge in [0.1, 0.15) is 0 Å². The van der Waals surface area contributed by atoms with Crippen LogP contribution in [-0.2, 0) is 0 Å². The molecule has 1 aliphatic rings. The van der Waals surface area contributed by atoms with Crippen LogP contribution in [0.5, 0.6) is 0 Å². The first kappa shape index (κ1) is 21.0. The summed E-state index contributed by atoms with van der Waals surface area (Å²) in [5.41, 5.74) is 11.8. The SMILES string of the molecule is c1ccc(-c2ncccc2-c2ccc3cc(-c4cc5c6c(cccc6c4)-c4ccccc4-5)ccc3c2)nc1. The molecule has 0 atom stereocenters. The molecule has 38 heavy (non-hydrogen) atoms. The lowest BCUT2D eigenvalue weighted by atomic mass is 9.93. The van der Waals surface area contributed by atoms with Crippen molar-refractivity contribution in [3.05, 3.63) is 134 Å². The minimum atomic E-state index is 0.882. The van der Waals surface area contributed by atoms with E-state index in [1.165, 1.54) is 54.9 Å². The Hall–Kier alpha value is -5.08. The lowest BCUT2D eigenvalue weighted by molar-refractivity contribution is 1.25. The standard InChI is InChI=1S/C36H22N2/c1-2-9-31-30(8-1)32-10-5-7-27-21-28(22-33(31)35(27)32)25-14-13-24-20-26(16-15-23(24)19-25)29-11-6-18-38-36(29)34-12-3-4-17-37-34/h1-22H. The molecule has 0 N–H and O–H groups in total. The van der Waals surface area contributed by atoms with Gasteiger partial charge in [0.25, 0.3) is 0 Å². The average molecular weight is 483 g/mol. The monoisotopic (exact) mass is 482 g/mol. The number of hydrogen-bond donors (Lipinski definition) is 0. The average Bonchev–Trinajstić information content (AvgIpc) is 3.32. The highest BCUT2D eigenvalue weighted by Gasteiger charge is 2.21. The molecule has 2 heteroatoms. The smallest absolute Gasteiger partial charge is 0.0964 e. The fraction of sp³-hybridized carbons (Fsp3) is 0. The van der Waals surface area contributed by atoms with Gasteiger partial charge in [0.2, 0.25) is 0 Å². The van der Waals surface area contributed by atoms with Gasteiger partial charge in [-0.2, -0.15) is 0 Å². The first-order chi connectivity index (χ1) is 18.8. The number of fused-ring (bicyclic) bond motifs is 4. The molecule has 0 aliphatic heterocycles. The Morgan fingerprint density at radius 1 is 0.368 bits per heavy atom. The van der Waals surface area contributed by atoms with Gasteiger partial charge in [-0.3, -0.25) is 9.97 Å². The lowest BCUT2D eigenvalue weighted by Crippen LogP contribution is -1.91. The predicted octanol–water partition coefficient (Wildman–Crippen LogP) is 9.43. The Labute approximate surface area is 220 Å². The zero-order chi connectivity index (χ0) is 25.1. The predicted molar refractivity (Wildman–Crippen MR) is 158 cm³/mol. The van der Waals surface area contributed by atoms with E-state index in [0.717, 1.165) is 22.5 Å². The van der Waals surface area contributed by atoms with Crippen molar-refractivity contribution in [2.75, 3.05) is 0 Å². The van der Waals surface area contributed by atoms with Crippen LogP contribution in [0.25, 0.3) is 77.4 Å². The lowest BCUT2D eigenvalue weighted by Gasteiger charge is -2.11. The van der Waals surface area contributed by atoms with E-state index in [4.69, 9.17) is 0 Å². The number of benzene rings is 5. The molecule has 5 aromatic carbocycles. The summed E-state index contributed by atoms with van der Waals surface area (Å²) in [5.74, 6) is 0. The van der Waals surface area contributed by atoms with Crippen LogP contribution in [0.4, 0.5) is 0 Å². The van der Waals surface area contributed by atoms with Crippen LogP contribution >= 0.6 is 0 Å². The molecule has 8 rings (SSSR count). The van der Waals surface area contributed by atoms with Crippen molar-refractivity contribution in [1.29, 1.82) is 0 Å². The zero-order valence-electron chi connectivity index (χ0n) is 20.6. The molecule has 0 amide bonds. The Kier molecular flexibility index (Phi) is 4.55. The van der Waals surface area contributed by atoms with Gasteiger partial charge in [0.15, 0.2) is 0 Å². The van der Waals surface area contributed by atoms with Crippen molar-refractivity contribution >= 4 is 21.5 Å². The summed E-state index contributed by atoms with van der Waals surface area (Å²) in [4.78, 5) is 9.19. The number of aromatic nitrogens is 2. The normalized spacial score (nSPS) is 11.7. The van der Waals surface area contributed by atoms with E-state index in [0.29, 0.717) is 0 Å². The van der Waals surface area contributed by atoms with Crippen LogP contribution in [0.1, 0.15) is 0 Å². The summed E-state index contributed by atoms with van der Waals surface area (Å²) in [7, 11) is 0. The van der Waals surface area contributed by atoms with Crippen LogP contribution < -0.4 is 0 Å². The quantitative estimate of drug-likeness (QED) is 0.251. The zero-order valence-corrected chi connectivity index (χ0v) is 20.6. The molecule has 0 saturated heterocycles. The van der Waals surface area contributed by atoms with E-state index in [9.17, 15) is 0 Å². The maximum Gasteiger partial charge on any atom is 0.0964 e. The van der Waals surface area contributed by atoms with E-state index in [1.807, 2.05) is 36.7 Å². The van der Waals surface area contributed by atoms with Gasteiger partial charge < -0.3 is 0 Å². The second kappa shape index (κ2) is 8.22. The van der Waals surface area contributed by atoms with Crippen molar-refractivity contribution in [1.82, 2.24) is 9.97 Å². The summed E-state index contributed by atoms with van der Waals surface area (Å²) in [6.07, 6.45) is 3.64.